The summed E-state index contributed by atoms with van der Waals surface area (Å²) in [5, 5.41) is 2.92. The fraction of sp³-hybridized carbons (Fsp3) is 0.588. The second-order valence-corrected chi connectivity index (χ2v) is 5.91. The third kappa shape index (κ3) is 4.53. The molecular formula is C17H26N2O3. The van der Waals surface area contributed by atoms with Crippen LogP contribution in [0.15, 0.2) is 24.3 Å². The molecular weight excluding hydrogens is 280 g/mol. The monoisotopic (exact) mass is 306 g/mol. The van der Waals surface area contributed by atoms with E-state index in [1.165, 1.54) is 18.2 Å². The van der Waals surface area contributed by atoms with Gasteiger partial charge in [0.15, 0.2) is 0 Å². The zero-order valence-corrected chi connectivity index (χ0v) is 13.4. The maximum Gasteiger partial charge on any atom is 0.239 e. The van der Waals surface area contributed by atoms with Gasteiger partial charge in [0, 0.05) is 26.2 Å². The summed E-state index contributed by atoms with van der Waals surface area (Å²) in [5.41, 5.74) is 8.14. The third-order valence-corrected chi connectivity index (χ3v) is 4.07. The molecule has 3 N–H and O–H groups in total. The van der Waals surface area contributed by atoms with E-state index in [2.05, 4.69) is 36.5 Å². The minimum atomic E-state index is -0.618. The van der Waals surface area contributed by atoms with Gasteiger partial charge in [0.2, 0.25) is 5.91 Å². The van der Waals surface area contributed by atoms with Gasteiger partial charge >= 0.3 is 0 Å². The molecule has 22 heavy (non-hydrogen) atoms. The summed E-state index contributed by atoms with van der Waals surface area (Å²) in [6, 6.07) is 7.79. The minimum absolute atomic E-state index is 0.0355. The topological polar surface area (TPSA) is 73.6 Å². The van der Waals surface area contributed by atoms with Gasteiger partial charge in [0.1, 0.15) is 6.04 Å². The number of hydrogen-bond acceptors (Lipinski definition) is 4. The van der Waals surface area contributed by atoms with Gasteiger partial charge in [-0.15, -0.1) is 0 Å². The highest BCUT2D eigenvalue weighted by atomic mass is 16.5. The Morgan fingerprint density at radius 3 is 2.86 bits per heavy atom. The SMILES string of the molecule is COCC(N)C(=O)NCC1CCCOC1c1ccc(C)cc1. The van der Waals surface area contributed by atoms with Crippen LogP contribution >= 0.6 is 0 Å². The number of nitrogens with two attached hydrogens (primary N) is 1. The Morgan fingerprint density at radius 2 is 2.18 bits per heavy atom. The Morgan fingerprint density at radius 1 is 1.45 bits per heavy atom. The fourth-order valence-corrected chi connectivity index (χ4v) is 2.79. The molecule has 2 rings (SSSR count). The first kappa shape index (κ1) is 16.9. The number of rotatable bonds is 6. The van der Waals surface area contributed by atoms with Crippen LogP contribution in [-0.2, 0) is 14.3 Å². The smallest absolute Gasteiger partial charge is 0.239 e. The predicted octanol–water partition coefficient (Wildman–Crippen LogP) is 1.55. The first-order valence-electron chi connectivity index (χ1n) is 7.82. The van der Waals surface area contributed by atoms with Crippen molar-refractivity contribution in [3.8, 4) is 0 Å². The van der Waals surface area contributed by atoms with Crippen molar-refractivity contribution in [3.05, 3.63) is 35.4 Å². The molecule has 0 aliphatic carbocycles. The van der Waals surface area contributed by atoms with Crippen LogP contribution in [0.5, 0.6) is 0 Å². The molecule has 3 atom stereocenters. The highest BCUT2D eigenvalue weighted by Gasteiger charge is 2.28. The van der Waals surface area contributed by atoms with Crippen LogP contribution in [0.1, 0.15) is 30.1 Å². The number of benzene rings is 1. The molecule has 1 amide bonds. The van der Waals surface area contributed by atoms with E-state index in [0.29, 0.717) is 6.54 Å². The van der Waals surface area contributed by atoms with Gasteiger partial charge in [-0.3, -0.25) is 4.79 Å². The van der Waals surface area contributed by atoms with E-state index in [1.807, 2.05) is 0 Å². The second kappa shape index (κ2) is 8.27. The van der Waals surface area contributed by atoms with E-state index in [-0.39, 0.29) is 24.5 Å². The average Bonchev–Trinajstić information content (AvgIpc) is 2.54. The third-order valence-electron chi connectivity index (χ3n) is 4.07. The van der Waals surface area contributed by atoms with Crippen LogP contribution in [-0.4, -0.2) is 38.8 Å². The molecule has 0 radical (unpaired) electrons. The second-order valence-electron chi connectivity index (χ2n) is 5.91. The Balaban J connectivity index is 1.95. The van der Waals surface area contributed by atoms with Gasteiger partial charge in [-0.2, -0.15) is 0 Å². The van der Waals surface area contributed by atoms with Crippen molar-refractivity contribution in [2.24, 2.45) is 11.7 Å². The number of amides is 1. The van der Waals surface area contributed by atoms with Gasteiger partial charge in [-0.1, -0.05) is 29.8 Å². The molecule has 3 unspecified atom stereocenters. The summed E-state index contributed by atoms with van der Waals surface area (Å²) in [7, 11) is 1.54. The Bertz CT molecular complexity index is 475. The molecule has 0 saturated carbocycles. The molecule has 1 aliphatic heterocycles. The predicted molar refractivity (Wildman–Crippen MR) is 85.5 cm³/mol. The van der Waals surface area contributed by atoms with E-state index in [1.54, 1.807) is 0 Å². The zero-order valence-electron chi connectivity index (χ0n) is 13.4. The largest absolute Gasteiger partial charge is 0.383 e. The molecule has 1 saturated heterocycles. The summed E-state index contributed by atoms with van der Waals surface area (Å²) < 4.78 is 10.9. The van der Waals surface area contributed by atoms with Crippen LogP contribution in [0.2, 0.25) is 0 Å². The van der Waals surface area contributed by atoms with E-state index in [9.17, 15) is 4.79 Å². The normalized spacial score (nSPS) is 23.0. The number of carbonyl (C=O) groups excluding carboxylic acids is 1. The maximum absolute atomic E-state index is 11.9. The zero-order chi connectivity index (χ0) is 15.9. The van der Waals surface area contributed by atoms with Crippen LogP contribution < -0.4 is 11.1 Å². The standard InChI is InChI=1S/C17H26N2O3/c1-12-5-7-13(8-6-12)16-14(4-3-9-22-16)10-19-17(20)15(18)11-21-2/h5-8,14-16H,3-4,9-11,18H2,1-2H3,(H,19,20). The van der Waals surface area contributed by atoms with Crippen LogP contribution in [0.3, 0.4) is 0 Å². The molecule has 5 nitrogen and oxygen atoms in total. The van der Waals surface area contributed by atoms with Gasteiger partial charge in [0.25, 0.3) is 0 Å². The number of carbonyl (C=O) groups is 1. The van der Waals surface area contributed by atoms with Gasteiger partial charge in [-0.25, -0.2) is 0 Å². The molecule has 0 spiro atoms. The van der Waals surface area contributed by atoms with E-state index in [0.717, 1.165) is 19.4 Å². The molecule has 1 aromatic carbocycles. The molecule has 1 aliphatic rings. The van der Waals surface area contributed by atoms with Gasteiger partial charge in [0.05, 0.1) is 12.7 Å². The summed E-state index contributed by atoms with van der Waals surface area (Å²) in [6.07, 6.45) is 2.10. The number of nitrogens with one attached hydrogen (secondary N) is 1. The number of methoxy groups -OCH3 is 1. The highest BCUT2D eigenvalue weighted by molar-refractivity contribution is 5.81. The molecule has 1 heterocycles. The Hall–Kier alpha value is -1.43. The van der Waals surface area contributed by atoms with Crippen LogP contribution in [0.25, 0.3) is 0 Å². The molecule has 0 aromatic heterocycles. The summed E-state index contributed by atoms with van der Waals surface area (Å²) in [4.78, 5) is 11.9. The molecule has 1 aromatic rings. The summed E-state index contributed by atoms with van der Waals surface area (Å²) in [6.45, 7) is 3.65. The lowest BCUT2D eigenvalue weighted by molar-refractivity contribution is -0.124. The number of ether oxygens (including phenoxy) is 2. The van der Waals surface area contributed by atoms with Gasteiger partial charge in [-0.05, 0) is 25.3 Å². The van der Waals surface area contributed by atoms with Crippen molar-refractivity contribution in [2.75, 3.05) is 26.9 Å². The minimum Gasteiger partial charge on any atom is -0.383 e. The lowest BCUT2D eigenvalue weighted by atomic mass is 9.89. The van der Waals surface area contributed by atoms with Crippen molar-refractivity contribution >= 4 is 5.91 Å². The lowest BCUT2D eigenvalue weighted by Gasteiger charge is -2.32. The molecule has 122 valence electrons. The first-order valence-corrected chi connectivity index (χ1v) is 7.82. The maximum atomic E-state index is 11.9. The van der Waals surface area contributed by atoms with Crippen LogP contribution in [0, 0.1) is 12.8 Å². The Labute approximate surface area is 132 Å². The summed E-state index contributed by atoms with van der Waals surface area (Å²) >= 11 is 0. The average molecular weight is 306 g/mol. The molecule has 1 fully saturated rings. The number of hydrogen-bond donors (Lipinski definition) is 2. The van der Waals surface area contributed by atoms with Crippen molar-refractivity contribution in [1.82, 2.24) is 5.32 Å². The molecule has 0 bridgehead atoms. The van der Waals surface area contributed by atoms with Crippen molar-refractivity contribution in [1.29, 1.82) is 0 Å². The highest BCUT2D eigenvalue weighted by Crippen LogP contribution is 2.33. The van der Waals surface area contributed by atoms with E-state index >= 15 is 0 Å². The molecule has 5 heteroatoms. The van der Waals surface area contributed by atoms with Gasteiger partial charge < -0.3 is 20.5 Å². The quantitative estimate of drug-likeness (QED) is 0.836. The van der Waals surface area contributed by atoms with Crippen molar-refractivity contribution in [3.63, 3.8) is 0 Å². The van der Waals surface area contributed by atoms with Crippen molar-refractivity contribution in [2.45, 2.75) is 31.9 Å². The van der Waals surface area contributed by atoms with E-state index < -0.39 is 6.04 Å². The first-order chi connectivity index (χ1) is 10.6. The summed E-state index contributed by atoms with van der Waals surface area (Å²) in [5.74, 6) is 0.102. The van der Waals surface area contributed by atoms with Crippen molar-refractivity contribution < 1.29 is 14.3 Å². The Kier molecular flexibility index (Phi) is 6.36. The van der Waals surface area contributed by atoms with Crippen LogP contribution in [0.4, 0.5) is 0 Å². The lowest BCUT2D eigenvalue weighted by Crippen LogP contribution is -2.46. The number of aryl methyl sites for hydroxylation is 1. The van der Waals surface area contributed by atoms with E-state index in [4.69, 9.17) is 15.2 Å². The fourth-order valence-electron chi connectivity index (χ4n) is 2.79.